The molecule has 0 aliphatic rings. The van der Waals surface area contributed by atoms with E-state index in [1.54, 1.807) is 13.8 Å². The van der Waals surface area contributed by atoms with Crippen LogP contribution in [0.15, 0.2) is 18.2 Å². The maximum absolute atomic E-state index is 11.6. The van der Waals surface area contributed by atoms with Crippen molar-refractivity contribution in [1.82, 2.24) is 0 Å². The number of hydrogen-bond donors (Lipinski definition) is 2. The van der Waals surface area contributed by atoms with Crippen molar-refractivity contribution >= 4 is 24.2 Å². The highest BCUT2D eigenvalue weighted by molar-refractivity contribution is 5.75. The Morgan fingerprint density at radius 2 is 1.60 bits per heavy atom. The van der Waals surface area contributed by atoms with Gasteiger partial charge in [-0.15, -0.1) is 0 Å². The van der Waals surface area contributed by atoms with E-state index in [1.165, 1.54) is 18.2 Å². The smallest absolute Gasteiger partial charge is 0.480 e. The van der Waals surface area contributed by atoms with Crippen LogP contribution in [0.4, 0.5) is 9.59 Å². The average Bonchev–Trinajstić information content (AvgIpc) is 2.72. The van der Waals surface area contributed by atoms with E-state index in [9.17, 15) is 24.3 Å². The molecular formula is C19H25NO10. The molecule has 0 saturated heterocycles. The number of hydrogen-bond acceptors (Lipinski definition) is 10. The number of carbonyl (C=O) groups excluding carboxylic acids is 3. The highest BCUT2D eigenvalue weighted by atomic mass is 16.7. The molecule has 0 heterocycles. The van der Waals surface area contributed by atoms with Crippen LogP contribution in [0.25, 0.3) is 0 Å². The zero-order chi connectivity index (χ0) is 22.8. The quantitative estimate of drug-likeness (QED) is 0.337. The average molecular weight is 427 g/mol. The van der Waals surface area contributed by atoms with Gasteiger partial charge in [0.15, 0.2) is 11.5 Å². The van der Waals surface area contributed by atoms with Gasteiger partial charge in [0, 0.05) is 12.3 Å². The lowest BCUT2D eigenvalue weighted by Crippen LogP contribution is -2.38. The maximum Gasteiger partial charge on any atom is 0.513 e. The Balaban J connectivity index is 3.31. The van der Waals surface area contributed by atoms with Gasteiger partial charge in [0.2, 0.25) is 0 Å². The number of carboxylic acid groups (broad SMARTS) is 1. The Labute approximate surface area is 173 Å². The number of methoxy groups -OCH3 is 2. The molecular weight excluding hydrogens is 402 g/mol. The third-order valence-corrected chi connectivity index (χ3v) is 4.04. The molecule has 166 valence electrons. The van der Waals surface area contributed by atoms with Crippen molar-refractivity contribution in [1.29, 1.82) is 0 Å². The van der Waals surface area contributed by atoms with Crippen LogP contribution >= 0.6 is 0 Å². The molecule has 30 heavy (non-hydrogen) atoms. The van der Waals surface area contributed by atoms with Gasteiger partial charge in [0.1, 0.15) is 6.04 Å². The molecule has 0 aliphatic carbocycles. The standard InChI is InChI=1S/C19H25NO10/c1-5-15(21)28-10(2)8-12(16(20)17(22)23)11-6-7-13(29-18(24)26-3)14(9-11)30-19(25)27-4/h6-7,9-10,12,16H,5,8,20H2,1-4H3,(H,22,23)/t10?,12?,16-/m0/s1. The summed E-state index contributed by atoms with van der Waals surface area (Å²) in [4.78, 5) is 46.0. The number of ether oxygens (including phenoxy) is 5. The van der Waals surface area contributed by atoms with E-state index >= 15 is 0 Å². The number of benzene rings is 1. The van der Waals surface area contributed by atoms with Crippen LogP contribution in [0, 0.1) is 0 Å². The molecule has 0 fully saturated rings. The Hall–Kier alpha value is -3.34. The Bertz CT molecular complexity index is 779. The summed E-state index contributed by atoms with van der Waals surface area (Å²) in [6, 6.07) is 2.67. The maximum atomic E-state index is 11.6. The number of rotatable bonds is 9. The summed E-state index contributed by atoms with van der Waals surface area (Å²) in [6.07, 6.45) is -2.54. The van der Waals surface area contributed by atoms with Gasteiger partial charge in [-0.2, -0.15) is 0 Å². The van der Waals surface area contributed by atoms with Crippen molar-refractivity contribution < 1.29 is 48.0 Å². The fourth-order valence-corrected chi connectivity index (χ4v) is 2.56. The van der Waals surface area contributed by atoms with Crippen molar-refractivity contribution in [2.75, 3.05) is 14.2 Å². The van der Waals surface area contributed by atoms with E-state index in [4.69, 9.17) is 19.9 Å². The van der Waals surface area contributed by atoms with E-state index in [-0.39, 0.29) is 24.3 Å². The second kappa shape index (κ2) is 11.6. The SMILES string of the molecule is CCC(=O)OC(C)CC(c1ccc(OC(=O)OC)c(OC(=O)OC)c1)[C@H](N)C(=O)O. The van der Waals surface area contributed by atoms with E-state index in [0.29, 0.717) is 5.56 Å². The fourth-order valence-electron chi connectivity index (χ4n) is 2.56. The van der Waals surface area contributed by atoms with E-state index in [1.807, 2.05) is 0 Å². The van der Waals surface area contributed by atoms with Gasteiger partial charge in [-0.05, 0) is 31.0 Å². The van der Waals surface area contributed by atoms with Gasteiger partial charge in [-0.1, -0.05) is 13.0 Å². The number of aliphatic carboxylic acids is 1. The lowest BCUT2D eigenvalue weighted by molar-refractivity contribution is -0.148. The van der Waals surface area contributed by atoms with Gasteiger partial charge in [-0.25, -0.2) is 9.59 Å². The first-order valence-electron chi connectivity index (χ1n) is 8.96. The predicted octanol–water partition coefficient (Wildman–Crippen LogP) is 2.20. The van der Waals surface area contributed by atoms with Crippen molar-refractivity contribution in [2.45, 2.75) is 44.8 Å². The lowest BCUT2D eigenvalue weighted by atomic mass is 9.87. The normalized spacial score (nSPS) is 13.4. The summed E-state index contributed by atoms with van der Waals surface area (Å²) in [5.41, 5.74) is 6.19. The molecule has 0 spiro atoms. The largest absolute Gasteiger partial charge is 0.513 e. The molecule has 0 bridgehead atoms. The second-order valence-corrected chi connectivity index (χ2v) is 6.18. The summed E-state index contributed by atoms with van der Waals surface area (Å²) in [7, 11) is 2.18. The molecule has 0 aliphatic heterocycles. The molecule has 0 amide bonds. The highest BCUT2D eigenvalue weighted by Crippen LogP contribution is 2.35. The van der Waals surface area contributed by atoms with Crippen LogP contribution in [0.3, 0.4) is 0 Å². The monoisotopic (exact) mass is 427 g/mol. The minimum Gasteiger partial charge on any atom is -0.480 e. The highest BCUT2D eigenvalue weighted by Gasteiger charge is 2.30. The summed E-state index contributed by atoms with van der Waals surface area (Å²) in [5.74, 6) is -2.93. The molecule has 0 radical (unpaired) electrons. The molecule has 1 aromatic rings. The number of carboxylic acids is 1. The third-order valence-electron chi connectivity index (χ3n) is 4.04. The Morgan fingerprint density at radius 1 is 1.03 bits per heavy atom. The van der Waals surface area contributed by atoms with Gasteiger partial charge >= 0.3 is 24.2 Å². The van der Waals surface area contributed by atoms with Crippen molar-refractivity contribution in [3.63, 3.8) is 0 Å². The van der Waals surface area contributed by atoms with Crippen molar-refractivity contribution in [3.05, 3.63) is 23.8 Å². The summed E-state index contributed by atoms with van der Waals surface area (Å²) >= 11 is 0. The van der Waals surface area contributed by atoms with Crippen molar-refractivity contribution in [3.8, 4) is 11.5 Å². The minimum absolute atomic E-state index is 0.0775. The summed E-state index contributed by atoms with van der Waals surface area (Å²) < 4.78 is 24.0. The first-order valence-corrected chi connectivity index (χ1v) is 8.96. The fraction of sp³-hybridized carbons (Fsp3) is 0.474. The Morgan fingerprint density at radius 3 is 2.10 bits per heavy atom. The van der Waals surface area contributed by atoms with Crippen LogP contribution in [-0.2, 0) is 23.8 Å². The summed E-state index contributed by atoms with van der Waals surface area (Å²) in [6.45, 7) is 3.24. The van der Waals surface area contributed by atoms with Gasteiger partial charge in [0.25, 0.3) is 0 Å². The topological polar surface area (TPSA) is 161 Å². The van der Waals surface area contributed by atoms with Crippen molar-refractivity contribution in [2.24, 2.45) is 5.73 Å². The first-order chi connectivity index (χ1) is 14.1. The second-order valence-electron chi connectivity index (χ2n) is 6.18. The minimum atomic E-state index is -1.36. The van der Waals surface area contributed by atoms with Gasteiger partial charge in [-0.3, -0.25) is 9.59 Å². The van der Waals surface area contributed by atoms with Crippen LogP contribution in [0.2, 0.25) is 0 Å². The van der Waals surface area contributed by atoms with Crippen LogP contribution < -0.4 is 15.2 Å². The van der Waals surface area contributed by atoms with E-state index in [0.717, 1.165) is 14.2 Å². The van der Waals surface area contributed by atoms with E-state index in [2.05, 4.69) is 9.47 Å². The summed E-state index contributed by atoms with van der Waals surface area (Å²) in [5, 5.41) is 9.39. The van der Waals surface area contributed by atoms with Gasteiger partial charge < -0.3 is 34.5 Å². The van der Waals surface area contributed by atoms with E-state index < -0.39 is 42.3 Å². The molecule has 0 aromatic heterocycles. The van der Waals surface area contributed by atoms with Crippen LogP contribution in [0.5, 0.6) is 11.5 Å². The number of carbonyl (C=O) groups is 4. The molecule has 3 N–H and O–H groups in total. The molecule has 3 atom stereocenters. The molecule has 0 saturated carbocycles. The van der Waals surface area contributed by atoms with Gasteiger partial charge in [0.05, 0.1) is 20.3 Å². The molecule has 11 heteroatoms. The van der Waals surface area contributed by atoms with Crippen LogP contribution in [0.1, 0.15) is 38.2 Å². The molecule has 1 rings (SSSR count). The first kappa shape index (κ1) is 24.7. The third kappa shape index (κ3) is 7.24. The molecule has 2 unspecified atom stereocenters. The lowest BCUT2D eigenvalue weighted by Gasteiger charge is -2.25. The van der Waals surface area contributed by atoms with Crippen LogP contribution in [-0.4, -0.2) is 55.7 Å². The zero-order valence-corrected chi connectivity index (χ0v) is 17.1. The predicted molar refractivity (Wildman–Crippen MR) is 101 cm³/mol. The molecule has 11 nitrogen and oxygen atoms in total. The Kier molecular flexibility index (Phi) is 9.56. The zero-order valence-electron chi connectivity index (χ0n) is 17.1. The number of nitrogens with two attached hydrogens (primary N) is 1. The number of esters is 1. The molecule has 1 aromatic carbocycles.